The average molecular weight is 342 g/mol. The first-order valence-electron chi connectivity index (χ1n) is 8.28. The van der Waals surface area contributed by atoms with Crippen LogP contribution in [-0.2, 0) is 9.59 Å². The van der Waals surface area contributed by atoms with E-state index in [-0.39, 0.29) is 23.0 Å². The van der Waals surface area contributed by atoms with Crippen LogP contribution in [0.5, 0.6) is 0 Å². The fourth-order valence-corrected chi connectivity index (χ4v) is 4.16. The largest absolute Gasteiger partial charge is 0.369 e. The highest BCUT2D eigenvalue weighted by atomic mass is 32.2. The Labute approximate surface area is 146 Å². The normalized spacial score (nSPS) is 19.2. The van der Waals surface area contributed by atoms with Gasteiger partial charge in [0.05, 0.1) is 11.2 Å². The zero-order chi connectivity index (χ0) is 17.1. The average Bonchev–Trinajstić information content (AvgIpc) is 2.61. The summed E-state index contributed by atoms with van der Waals surface area (Å²) < 4.78 is 0. The Bertz CT molecular complexity index is 762. The third-order valence-corrected chi connectivity index (χ3v) is 5.60. The molecule has 0 spiro atoms. The molecule has 4 nitrogen and oxygen atoms in total. The Morgan fingerprint density at radius 3 is 2.71 bits per heavy atom. The minimum atomic E-state index is -0.303. The van der Waals surface area contributed by atoms with Gasteiger partial charge >= 0.3 is 0 Å². The fourth-order valence-electron chi connectivity index (χ4n) is 3.16. The number of fused-ring (bicyclic) bond motifs is 1. The van der Waals surface area contributed by atoms with Crippen LogP contribution in [0.15, 0.2) is 47.4 Å². The minimum absolute atomic E-state index is 0.0825. The number of piperidine rings is 1. The smallest absolute Gasteiger partial charge is 0.235 e. The number of carbonyl (C=O) groups is 2. The summed E-state index contributed by atoms with van der Waals surface area (Å²) in [5.74, 6) is -0.429. The predicted octanol–water partition coefficient (Wildman–Crippen LogP) is 3.04. The van der Waals surface area contributed by atoms with E-state index in [1.807, 2.05) is 19.1 Å². The van der Waals surface area contributed by atoms with Gasteiger partial charge in [-0.1, -0.05) is 30.3 Å². The van der Waals surface area contributed by atoms with Crippen molar-refractivity contribution in [3.8, 4) is 0 Å². The molecule has 3 rings (SSSR count). The maximum atomic E-state index is 12.7. The standard InChI is InChI=1S/C19H22N2O2S/c1-13(19(23)21-10-4-7-16(12-21)18(20)22)24-17-9-8-14-5-2-3-6-15(14)11-17/h2-3,5-6,8-9,11,13,16H,4,7,10,12H2,1H3,(H2,20,22)/t13-,16+/m0/s1. The van der Waals surface area contributed by atoms with Crippen molar-refractivity contribution in [3.05, 3.63) is 42.5 Å². The van der Waals surface area contributed by atoms with Crippen LogP contribution in [0.1, 0.15) is 19.8 Å². The highest BCUT2D eigenvalue weighted by Gasteiger charge is 2.29. The van der Waals surface area contributed by atoms with E-state index in [0.29, 0.717) is 13.1 Å². The molecule has 0 bridgehead atoms. The van der Waals surface area contributed by atoms with Crippen LogP contribution in [-0.4, -0.2) is 35.1 Å². The Kier molecular flexibility index (Phi) is 5.09. The van der Waals surface area contributed by atoms with E-state index in [1.54, 1.807) is 16.7 Å². The molecular formula is C19H22N2O2S. The molecule has 24 heavy (non-hydrogen) atoms. The van der Waals surface area contributed by atoms with Gasteiger partial charge in [-0.2, -0.15) is 0 Å². The number of rotatable bonds is 4. The van der Waals surface area contributed by atoms with Gasteiger partial charge in [-0.15, -0.1) is 11.8 Å². The van der Waals surface area contributed by atoms with Crippen molar-refractivity contribution in [3.63, 3.8) is 0 Å². The summed E-state index contributed by atoms with van der Waals surface area (Å²) in [4.78, 5) is 26.9. The summed E-state index contributed by atoms with van der Waals surface area (Å²) in [6.07, 6.45) is 1.62. The second-order valence-electron chi connectivity index (χ2n) is 6.29. The molecule has 0 aliphatic carbocycles. The molecule has 1 aliphatic heterocycles. The summed E-state index contributed by atoms with van der Waals surface area (Å²) in [5, 5.41) is 2.19. The van der Waals surface area contributed by atoms with Crippen LogP contribution in [0, 0.1) is 5.92 Å². The van der Waals surface area contributed by atoms with Gasteiger partial charge in [0.2, 0.25) is 11.8 Å². The van der Waals surface area contributed by atoms with E-state index in [9.17, 15) is 9.59 Å². The molecule has 2 aromatic carbocycles. The van der Waals surface area contributed by atoms with E-state index in [0.717, 1.165) is 17.7 Å². The zero-order valence-corrected chi connectivity index (χ0v) is 14.6. The fraction of sp³-hybridized carbons (Fsp3) is 0.368. The number of hydrogen-bond donors (Lipinski definition) is 1. The number of carbonyl (C=O) groups excluding carboxylic acids is 2. The lowest BCUT2D eigenvalue weighted by atomic mass is 9.97. The van der Waals surface area contributed by atoms with Gasteiger partial charge in [-0.3, -0.25) is 9.59 Å². The number of thioether (sulfide) groups is 1. The van der Waals surface area contributed by atoms with Crippen molar-refractivity contribution in [2.45, 2.75) is 29.9 Å². The topological polar surface area (TPSA) is 63.4 Å². The lowest BCUT2D eigenvalue weighted by Gasteiger charge is -2.32. The van der Waals surface area contributed by atoms with E-state index in [2.05, 4.69) is 30.3 Å². The lowest BCUT2D eigenvalue weighted by Crippen LogP contribution is -2.46. The van der Waals surface area contributed by atoms with Crippen molar-refractivity contribution < 1.29 is 9.59 Å². The highest BCUT2D eigenvalue weighted by molar-refractivity contribution is 8.00. The van der Waals surface area contributed by atoms with Crippen LogP contribution in [0.3, 0.4) is 0 Å². The first-order chi connectivity index (χ1) is 11.5. The number of amides is 2. The highest BCUT2D eigenvalue weighted by Crippen LogP contribution is 2.29. The van der Waals surface area contributed by atoms with Gasteiger partial charge in [0.25, 0.3) is 0 Å². The van der Waals surface area contributed by atoms with Crippen LogP contribution in [0.2, 0.25) is 0 Å². The maximum absolute atomic E-state index is 12.7. The molecule has 0 unspecified atom stereocenters. The first kappa shape index (κ1) is 16.8. The minimum Gasteiger partial charge on any atom is -0.369 e. The van der Waals surface area contributed by atoms with Crippen molar-refractivity contribution in [2.75, 3.05) is 13.1 Å². The van der Waals surface area contributed by atoms with E-state index >= 15 is 0 Å². The molecule has 5 heteroatoms. The van der Waals surface area contributed by atoms with Crippen LogP contribution >= 0.6 is 11.8 Å². The lowest BCUT2D eigenvalue weighted by molar-refractivity contribution is -0.134. The van der Waals surface area contributed by atoms with Gasteiger partial charge in [0, 0.05) is 18.0 Å². The van der Waals surface area contributed by atoms with Gasteiger partial charge in [0.15, 0.2) is 0 Å². The second kappa shape index (κ2) is 7.26. The summed E-state index contributed by atoms with van der Waals surface area (Å²) in [7, 11) is 0. The van der Waals surface area contributed by atoms with E-state index in [4.69, 9.17) is 5.73 Å². The third kappa shape index (κ3) is 3.73. The van der Waals surface area contributed by atoms with Gasteiger partial charge in [-0.25, -0.2) is 0 Å². The Hall–Kier alpha value is -2.01. The van der Waals surface area contributed by atoms with Gasteiger partial charge in [0.1, 0.15) is 0 Å². The molecule has 0 saturated carbocycles. The summed E-state index contributed by atoms with van der Waals surface area (Å²) in [6, 6.07) is 14.4. The van der Waals surface area contributed by atoms with Crippen LogP contribution in [0.25, 0.3) is 10.8 Å². The summed E-state index contributed by atoms with van der Waals surface area (Å²) in [5.41, 5.74) is 5.40. The molecule has 2 atom stereocenters. The number of likely N-dealkylation sites (tertiary alicyclic amines) is 1. The van der Waals surface area contributed by atoms with Crippen molar-refractivity contribution in [1.29, 1.82) is 0 Å². The molecule has 0 radical (unpaired) electrons. The number of primary amides is 1. The maximum Gasteiger partial charge on any atom is 0.235 e. The molecule has 1 aliphatic rings. The van der Waals surface area contributed by atoms with Crippen molar-refractivity contribution in [2.24, 2.45) is 11.7 Å². The molecule has 1 fully saturated rings. The molecule has 1 saturated heterocycles. The second-order valence-corrected chi connectivity index (χ2v) is 7.71. The molecule has 126 valence electrons. The third-order valence-electron chi connectivity index (χ3n) is 4.52. The quantitative estimate of drug-likeness (QED) is 0.869. The number of hydrogen-bond acceptors (Lipinski definition) is 3. The molecule has 1 heterocycles. The molecule has 2 N–H and O–H groups in total. The van der Waals surface area contributed by atoms with Crippen LogP contribution < -0.4 is 5.73 Å². The summed E-state index contributed by atoms with van der Waals surface area (Å²) >= 11 is 1.56. The SMILES string of the molecule is C[C@H](Sc1ccc2ccccc2c1)C(=O)N1CCC[C@@H](C(N)=O)C1. The van der Waals surface area contributed by atoms with Crippen molar-refractivity contribution >= 4 is 34.3 Å². The Morgan fingerprint density at radius 1 is 1.21 bits per heavy atom. The van der Waals surface area contributed by atoms with E-state index < -0.39 is 0 Å². The number of nitrogens with two attached hydrogens (primary N) is 1. The first-order valence-corrected chi connectivity index (χ1v) is 9.16. The van der Waals surface area contributed by atoms with Gasteiger partial charge in [-0.05, 0) is 42.7 Å². The molecule has 0 aromatic heterocycles. The number of nitrogens with zero attached hydrogens (tertiary/aromatic N) is 1. The molecule has 2 aromatic rings. The van der Waals surface area contributed by atoms with Crippen LogP contribution in [0.4, 0.5) is 0 Å². The molecular weight excluding hydrogens is 320 g/mol. The predicted molar refractivity (Wildman–Crippen MR) is 97.8 cm³/mol. The molecule has 2 amide bonds. The number of benzene rings is 2. The monoisotopic (exact) mass is 342 g/mol. The van der Waals surface area contributed by atoms with E-state index in [1.165, 1.54) is 10.8 Å². The van der Waals surface area contributed by atoms with Gasteiger partial charge < -0.3 is 10.6 Å². The van der Waals surface area contributed by atoms with Crippen molar-refractivity contribution in [1.82, 2.24) is 4.90 Å². The Morgan fingerprint density at radius 2 is 1.96 bits per heavy atom. The zero-order valence-electron chi connectivity index (χ0n) is 13.8. The summed E-state index contributed by atoms with van der Waals surface area (Å²) in [6.45, 7) is 3.10. The Balaban J connectivity index is 1.67.